The Kier molecular flexibility index (Phi) is 17.5. The zero-order chi connectivity index (χ0) is 43.0. The molecule has 0 aromatic heterocycles. The van der Waals surface area contributed by atoms with Gasteiger partial charge in [-0.15, -0.1) is 0 Å². The van der Waals surface area contributed by atoms with Gasteiger partial charge >= 0.3 is 18.2 Å². The zero-order valence-corrected chi connectivity index (χ0v) is 34.2. The van der Waals surface area contributed by atoms with Crippen LogP contribution in [0.2, 0.25) is 0 Å². The summed E-state index contributed by atoms with van der Waals surface area (Å²) >= 11 is 0. The van der Waals surface area contributed by atoms with E-state index in [0.29, 0.717) is 30.9 Å². The van der Waals surface area contributed by atoms with Crippen LogP contribution in [0.5, 0.6) is 5.75 Å². The fourth-order valence-corrected chi connectivity index (χ4v) is 4.41. The SMILES string of the molecule is CNC(=O)CCCOc1ccc(NC(=O)[C@H](CC(=O)OC(C)(C)C)NC(=O)CNC(=O)c2cccc(N=C(NC(=O)OC(C)(C)C)NC(=O)OC(C)(C)C)c2)cc1. The predicted molar refractivity (Wildman–Crippen MR) is 211 cm³/mol. The number of carbonyl (C=O) groups excluding carboxylic acids is 7. The minimum Gasteiger partial charge on any atom is -0.494 e. The molecule has 312 valence electrons. The number of anilines is 1. The molecular formula is C39H55N7O11. The van der Waals surface area contributed by atoms with Gasteiger partial charge in [0.1, 0.15) is 28.6 Å². The highest BCUT2D eigenvalue weighted by Crippen LogP contribution is 2.18. The fourth-order valence-electron chi connectivity index (χ4n) is 4.41. The molecule has 0 saturated carbocycles. The van der Waals surface area contributed by atoms with Crippen molar-refractivity contribution in [1.82, 2.24) is 26.6 Å². The van der Waals surface area contributed by atoms with E-state index < -0.39 is 71.7 Å². The fraction of sp³-hybridized carbons (Fsp3) is 0.487. The maximum atomic E-state index is 13.3. The van der Waals surface area contributed by atoms with Crippen LogP contribution < -0.4 is 36.6 Å². The van der Waals surface area contributed by atoms with Crippen molar-refractivity contribution in [3.8, 4) is 5.75 Å². The van der Waals surface area contributed by atoms with E-state index in [2.05, 4.69) is 36.9 Å². The van der Waals surface area contributed by atoms with Crippen molar-refractivity contribution in [2.45, 2.75) is 104 Å². The molecule has 0 fully saturated rings. The minimum absolute atomic E-state index is 0.0554. The third kappa shape index (κ3) is 20.3. The molecule has 1 atom stereocenters. The summed E-state index contributed by atoms with van der Waals surface area (Å²) in [6.07, 6.45) is -1.51. The summed E-state index contributed by atoms with van der Waals surface area (Å²) in [5, 5.41) is 14.8. The Morgan fingerprint density at radius 2 is 1.32 bits per heavy atom. The Labute approximate surface area is 332 Å². The first-order valence-corrected chi connectivity index (χ1v) is 18.1. The molecule has 57 heavy (non-hydrogen) atoms. The second-order valence-electron chi connectivity index (χ2n) is 15.5. The Hall–Kier alpha value is -6.20. The largest absolute Gasteiger partial charge is 0.494 e. The number of esters is 1. The molecule has 0 aliphatic heterocycles. The van der Waals surface area contributed by atoms with E-state index >= 15 is 0 Å². The zero-order valence-electron chi connectivity index (χ0n) is 34.2. The number of hydrogen-bond donors (Lipinski definition) is 6. The lowest BCUT2D eigenvalue weighted by molar-refractivity contribution is -0.156. The number of hydrogen-bond acceptors (Lipinski definition) is 12. The van der Waals surface area contributed by atoms with Crippen LogP contribution >= 0.6 is 0 Å². The van der Waals surface area contributed by atoms with Gasteiger partial charge in [0.15, 0.2) is 0 Å². The summed E-state index contributed by atoms with van der Waals surface area (Å²) in [4.78, 5) is 92.8. The van der Waals surface area contributed by atoms with Crippen LogP contribution in [-0.4, -0.2) is 90.8 Å². The summed E-state index contributed by atoms with van der Waals surface area (Å²) in [6.45, 7) is 14.6. The summed E-state index contributed by atoms with van der Waals surface area (Å²) in [7, 11) is 1.56. The number of benzene rings is 2. The number of amides is 6. The Balaban J connectivity index is 2.15. The van der Waals surface area contributed by atoms with Gasteiger partial charge in [-0.1, -0.05) is 6.07 Å². The first-order chi connectivity index (χ1) is 26.4. The molecule has 2 aromatic carbocycles. The van der Waals surface area contributed by atoms with Gasteiger partial charge in [0, 0.05) is 24.7 Å². The summed E-state index contributed by atoms with van der Waals surface area (Å²) in [5.41, 5.74) is -2.04. The van der Waals surface area contributed by atoms with Crippen molar-refractivity contribution in [1.29, 1.82) is 0 Å². The van der Waals surface area contributed by atoms with Crippen LogP contribution in [0.25, 0.3) is 0 Å². The number of rotatable bonds is 14. The molecule has 18 nitrogen and oxygen atoms in total. The third-order valence-electron chi connectivity index (χ3n) is 6.66. The molecule has 0 bridgehead atoms. The summed E-state index contributed by atoms with van der Waals surface area (Å²) in [5.74, 6) is -2.88. The molecule has 0 heterocycles. The predicted octanol–water partition coefficient (Wildman–Crippen LogP) is 4.21. The number of carbonyl (C=O) groups is 7. The number of nitrogens with one attached hydrogen (secondary N) is 6. The van der Waals surface area contributed by atoms with E-state index in [1.807, 2.05) is 0 Å². The molecule has 6 amide bonds. The molecule has 0 saturated heterocycles. The lowest BCUT2D eigenvalue weighted by atomic mass is 10.1. The van der Waals surface area contributed by atoms with Crippen molar-refractivity contribution >= 4 is 59.1 Å². The molecule has 2 aromatic rings. The second-order valence-corrected chi connectivity index (χ2v) is 15.5. The van der Waals surface area contributed by atoms with Gasteiger partial charge in [-0.05, 0) is 111 Å². The normalized spacial score (nSPS) is 11.8. The van der Waals surface area contributed by atoms with Crippen LogP contribution in [-0.2, 0) is 33.4 Å². The number of alkyl carbamates (subject to hydrolysis) is 2. The Morgan fingerprint density at radius 1 is 0.737 bits per heavy atom. The lowest BCUT2D eigenvalue weighted by Gasteiger charge is -2.23. The third-order valence-corrected chi connectivity index (χ3v) is 6.66. The number of nitrogens with zero attached hydrogens (tertiary/aromatic N) is 1. The molecule has 0 unspecified atom stereocenters. The van der Waals surface area contributed by atoms with Gasteiger partial charge < -0.3 is 40.2 Å². The van der Waals surface area contributed by atoms with Crippen LogP contribution in [0, 0.1) is 0 Å². The highest BCUT2D eigenvalue weighted by atomic mass is 16.6. The number of ether oxygens (including phenoxy) is 4. The molecule has 18 heteroatoms. The standard InChI is InChI=1S/C39H55N7O11/c1-37(2,3)55-31(49)22-28(33(51)42-25-16-18-27(19-17-25)54-20-12-15-29(47)40-10)44-30(48)23-41-32(50)24-13-11-14-26(21-24)43-34(45-35(52)56-38(4,5)6)46-36(53)57-39(7,8)9/h11,13-14,16-19,21,28H,12,15,20,22-23H2,1-10H3,(H,40,47)(H,41,50)(H,42,51)(H,44,48)(H2,43,45,46,52,53)/t28-/m0/s1. The second kappa shape index (κ2) is 21.2. The highest BCUT2D eigenvalue weighted by Gasteiger charge is 2.28. The Morgan fingerprint density at radius 3 is 1.86 bits per heavy atom. The van der Waals surface area contributed by atoms with Crippen LogP contribution in [0.1, 0.15) is 91.9 Å². The smallest absolute Gasteiger partial charge is 0.414 e. The summed E-state index contributed by atoms with van der Waals surface area (Å²) < 4.78 is 21.5. The lowest BCUT2D eigenvalue weighted by Crippen LogP contribution is -2.48. The van der Waals surface area contributed by atoms with Gasteiger partial charge in [-0.25, -0.2) is 14.6 Å². The van der Waals surface area contributed by atoms with E-state index in [1.165, 1.54) is 24.3 Å². The van der Waals surface area contributed by atoms with Gasteiger partial charge in [-0.3, -0.25) is 34.6 Å². The van der Waals surface area contributed by atoms with Crippen LogP contribution in [0.4, 0.5) is 21.0 Å². The number of guanidine groups is 1. The van der Waals surface area contributed by atoms with Crippen LogP contribution in [0.3, 0.4) is 0 Å². The van der Waals surface area contributed by atoms with E-state index in [4.69, 9.17) is 18.9 Å². The molecule has 0 radical (unpaired) electrons. The maximum absolute atomic E-state index is 13.3. The number of aliphatic imine (C=N–C) groups is 1. The van der Waals surface area contributed by atoms with Crippen molar-refractivity contribution in [2.24, 2.45) is 4.99 Å². The molecule has 0 spiro atoms. The molecular weight excluding hydrogens is 742 g/mol. The van der Waals surface area contributed by atoms with E-state index in [9.17, 15) is 33.6 Å². The maximum Gasteiger partial charge on any atom is 0.414 e. The molecule has 2 rings (SSSR count). The molecule has 0 aliphatic carbocycles. The first-order valence-electron chi connectivity index (χ1n) is 18.1. The molecule has 0 aliphatic rings. The van der Waals surface area contributed by atoms with Crippen LogP contribution in [0.15, 0.2) is 53.5 Å². The first kappa shape index (κ1) is 47.0. The van der Waals surface area contributed by atoms with E-state index in [-0.39, 0.29) is 23.1 Å². The van der Waals surface area contributed by atoms with E-state index in [1.54, 1.807) is 93.6 Å². The molecule has 6 N–H and O–H groups in total. The Bertz CT molecular complexity index is 1740. The van der Waals surface area contributed by atoms with Gasteiger partial charge in [-0.2, -0.15) is 0 Å². The van der Waals surface area contributed by atoms with Gasteiger partial charge in [0.05, 0.1) is 25.3 Å². The van der Waals surface area contributed by atoms with Crippen molar-refractivity contribution in [3.05, 3.63) is 54.1 Å². The van der Waals surface area contributed by atoms with Crippen molar-refractivity contribution in [3.63, 3.8) is 0 Å². The summed E-state index contributed by atoms with van der Waals surface area (Å²) in [6, 6.07) is 10.7. The minimum atomic E-state index is -1.38. The van der Waals surface area contributed by atoms with Gasteiger partial charge in [0.25, 0.3) is 5.91 Å². The van der Waals surface area contributed by atoms with Crippen molar-refractivity contribution in [2.75, 3.05) is 25.5 Å². The highest BCUT2D eigenvalue weighted by molar-refractivity contribution is 6.03. The average Bonchev–Trinajstić information content (AvgIpc) is 3.06. The topological polar surface area (TPSA) is 241 Å². The monoisotopic (exact) mass is 797 g/mol. The van der Waals surface area contributed by atoms with E-state index in [0.717, 1.165) is 0 Å². The quantitative estimate of drug-likeness (QED) is 0.0520. The average molecular weight is 798 g/mol. The van der Waals surface area contributed by atoms with Crippen molar-refractivity contribution < 1.29 is 52.5 Å². The van der Waals surface area contributed by atoms with Gasteiger partial charge in [0.2, 0.25) is 23.7 Å².